The quantitative estimate of drug-likeness (QED) is 0.617. The zero-order chi connectivity index (χ0) is 10.6. The highest BCUT2D eigenvalue weighted by Gasteiger charge is 1.99. The normalized spacial score (nSPS) is 14.0. The van der Waals surface area contributed by atoms with Crippen LogP contribution in [-0.4, -0.2) is 32.8 Å². The highest BCUT2D eigenvalue weighted by molar-refractivity contribution is 7.37. The van der Waals surface area contributed by atoms with Crippen LogP contribution in [0.3, 0.4) is 0 Å². The van der Waals surface area contributed by atoms with Crippen LogP contribution in [0, 0.1) is 0 Å². The first-order chi connectivity index (χ1) is 6.58. The molecule has 2 atom stereocenters. The fourth-order valence-electron chi connectivity index (χ4n) is 1.12. The molecule has 0 amide bonds. The summed E-state index contributed by atoms with van der Waals surface area (Å²) in [5, 5.41) is 0. The van der Waals surface area contributed by atoms with E-state index in [2.05, 4.69) is 0 Å². The summed E-state index contributed by atoms with van der Waals surface area (Å²) in [5.74, 6) is 0. The highest BCUT2D eigenvalue weighted by atomic mass is 31.1. The van der Waals surface area contributed by atoms with Crippen molar-refractivity contribution in [1.29, 1.82) is 0 Å². The monoisotopic (exact) mass is 260 g/mol. The topological polar surface area (TPSA) is 74.6 Å². The summed E-state index contributed by atoms with van der Waals surface area (Å²) in [6, 6.07) is 6.83. The Morgan fingerprint density at radius 2 is 1.13 bits per heavy atom. The molecule has 2 unspecified atom stereocenters. The maximum absolute atomic E-state index is 10.5. The van der Waals surface area contributed by atoms with E-state index in [9.17, 15) is 9.13 Å². The minimum atomic E-state index is -2.48. The zero-order valence-corrected chi connectivity index (χ0v) is 9.43. The first-order valence-corrected chi connectivity index (χ1v) is 7.22. The van der Waals surface area contributed by atoms with E-state index in [1.54, 1.807) is 24.3 Å². The van der Waals surface area contributed by atoms with Crippen molar-refractivity contribution in [1.82, 2.24) is 0 Å². The van der Waals surface area contributed by atoms with Crippen LogP contribution in [0.1, 0.15) is 11.1 Å². The van der Waals surface area contributed by atoms with Crippen molar-refractivity contribution in [2.75, 3.05) is 0 Å². The van der Waals surface area contributed by atoms with E-state index in [0.717, 1.165) is 11.1 Å². The van der Waals surface area contributed by atoms with Gasteiger partial charge in [-0.2, -0.15) is 0 Å². The third-order valence-corrected chi connectivity index (χ3v) is 3.16. The molecule has 1 aromatic carbocycles. The largest absolute Gasteiger partial charge is 0.346 e. The van der Waals surface area contributed by atoms with E-state index < -0.39 is 16.1 Å². The molecule has 0 radical (unpaired) electrons. The lowest BCUT2D eigenvalue weighted by atomic mass is 10.2. The third kappa shape index (κ3) is 6.51. The maximum Gasteiger partial charge on any atom is 0.316 e. The Bertz CT molecular complexity index is 317. The van der Waals surface area contributed by atoms with Gasteiger partial charge in [-0.15, -0.1) is 0 Å². The highest BCUT2D eigenvalue weighted by Crippen LogP contribution is 2.24. The second kappa shape index (κ2) is 7.61. The van der Waals surface area contributed by atoms with E-state index >= 15 is 0 Å². The molecular weight excluding hydrogens is 246 g/mol. The minimum absolute atomic E-state index is 0. The maximum atomic E-state index is 10.5. The van der Waals surface area contributed by atoms with Gasteiger partial charge in [0.05, 0.1) is 0 Å². The van der Waals surface area contributed by atoms with Crippen molar-refractivity contribution in [3.8, 4) is 0 Å². The van der Waals surface area contributed by atoms with Gasteiger partial charge in [0.15, 0.2) is 16.1 Å². The average Bonchev–Trinajstić information content (AvgIpc) is 2.06. The van der Waals surface area contributed by atoms with Crippen LogP contribution < -0.4 is 0 Å². The molecular formula is C8H14MgO4P2. The van der Waals surface area contributed by atoms with E-state index in [1.165, 1.54) is 0 Å². The van der Waals surface area contributed by atoms with Gasteiger partial charge in [-0.3, -0.25) is 9.13 Å². The summed E-state index contributed by atoms with van der Waals surface area (Å²) in [5.41, 5.74) is 1.55. The standard InChI is InChI=1S/C8H12O4P2.Mg.2H/c9-13(10)5-7-1-2-8(4-3-7)6-14(11)12;;;/h1-4,13-14H,5-6H2,(H,9,10)(H,11,12);;;. The van der Waals surface area contributed by atoms with Crippen LogP contribution >= 0.6 is 16.1 Å². The number of hydrogen-bond acceptors (Lipinski definition) is 2. The Hall–Kier alpha value is 0.366. The van der Waals surface area contributed by atoms with Gasteiger partial charge in [-0.05, 0) is 11.1 Å². The third-order valence-electron chi connectivity index (χ3n) is 1.73. The molecule has 1 rings (SSSR count). The first-order valence-electron chi connectivity index (χ1n) is 4.09. The van der Waals surface area contributed by atoms with Gasteiger partial charge in [0.1, 0.15) is 0 Å². The predicted octanol–water partition coefficient (Wildman–Crippen LogP) is 0.704. The Kier molecular flexibility index (Phi) is 7.79. The van der Waals surface area contributed by atoms with E-state index in [1.807, 2.05) is 0 Å². The molecule has 2 N–H and O–H groups in total. The van der Waals surface area contributed by atoms with Crippen LogP contribution in [0.15, 0.2) is 24.3 Å². The predicted molar refractivity (Wildman–Crippen MR) is 64.8 cm³/mol. The fourth-order valence-corrected chi connectivity index (χ4v) is 2.29. The molecule has 7 heteroatoms. The number of benzene rings is 1. The fraction of sp³-hybridized carbons (Fsp3) is 0.250. The molecule has 0 saturated carbocycles. The van der Waals surface area contributed by atoms with Gasteiger partial charge >= 0.3 is 23.1 Å². The average molecular weight is 260 g/mol. The van der Waals surface area contributed by atoms with Gasteiger partial charge < -0.3 is 9.79 Å². The van der Waals surface area contributed by atoms with Gasteiger partial charge in [0.25, 0.3) is 0 Å². The van der Waals surface area contributed by atoms with Crippen molar-refractivity contribution in [2.45, 2.75) is 12.3 Å². The van der Waals surface area contributed by atoms with Crippen LogP contribution in [0.25, 0.3) is 0 Å². The molecule has 0 bridgehead atoms. The molecule has 82 valence electrons. The molecule has 0 spiro atoms. The molecule has 0 fully saturated rings. The smallest absolute Gasteiger partial charge is 0.316 e. The summed E-state index contributed by atoms with van der Waals surface area (Å²) in [7, 11) is -4.95. The summed E-state index contributed by atoms with van der Waals surface area (Å²) in [6.45, 7) is 0. The Balaban J connectivity index is 0.00000196. The van der Waals surface area contributed by atoms with Crippen LogP contribution in [0.4, 0.5) is 0 Å². The molecule has 0 saturated heterocycles. The summed E-state index contributed by atoms with van der Waals surface area (Å²) in [6.07, 6.45) is 0.332. The second-order valence-corrected chi connectivity index (χ2v) is 5.24. The lowest BCUT2D eigenvalue weighted by Gasteiger charge is -2.00. The van der Waals surface area contributed by atoms with Crippen LogP contribution in [0.2, 0.25) is 0 Å². The van der Waals surface area contributed by atoms with Gasteiger partial charge in [0, 0.05) is 12.3 Å². The van der Waals surface area contributed by atoms with Crippen LogP contribution in [0.5, 0.6) is 0 Å². The van der Waals surface area contributed by atoms with Gasteiger partial charge in [0.2, 0.25) is 0 Å². The molecule has 0 heterocycles. The lowest BCUT2D eigenvalue weighted by Crippen LogP contribution is -1.83. The zero-order valence-electron chi connectivity index (χ0n) is 7.43. The summed E-state index contributed by atoms with van der Waals surface area (Å²) >= 11 is 0. The second-order valence-electron chi connectivity index (χ2n) is 2.96. The molecule has 0 aliphatic rings. The summed E-state index contributed by atoms with van der Waals surface area (Å²) in [4.78, 5) is 17.4. The Morgan fingerprint density at radius 1 is 0.867 bits per heavy atom. The van der Waals surface area contributed by atoms with Crippen molar-refractivity contribution < 1.29 is 18.9 Å². The molecule has 0 aromatic heterocycles. The van der Waals surface area contributed by atoms with Gasteiger partial charge in [-0.25, -0.2) is 0 Å². The van der Waals surface area contributed by atoms with Crippen molar-refractivity contribution >= 4 is 39.1 Å². The van der Waals surface area contributed by atoms with E-state index in [0.29, 0.717) is 0 Å². The Morgan fingerprint density at radius 3 is 1.33 bits per heavy atom. The molecule has 0 aliphatic carbocycles. The van der Waals surface area contributed by atoms with E-state index in [-0.39, 0.29) is 35.4 Å². The summed E-state index contributed by atoms with van der Waals surface area (Å²) < 4.78 is 21.1. The van der Waals surface area contributed by atoms with Crippen molar-refractivity contribution in [3.63, 3.8) is 0 Å². The Labute approximate surface area is 106 Å². The number of rotatable bonds is 4. The number of hydrogen-bond donors (Lipinski definition) is 2. The lowest BCUT2D eigenvalue weighted by molar-refractivity contribution is 0.500. The van der Waals surface area contributed by atoms with Gasteiger partial charge in [-0.1, -0.05) is 24.3 Å². The first kappa shape index (κ1) is 15.4. The van der Waals surface area contributed by atoms with Crippen LogP contribution in [-0.2, 0) is 21.5 Å². The van der Waals surface area contributed by atoms with E-state index in [4.69, 9.17) is 9.79 Å². The molecule has 0 aliphatic heterocycles. The van der Waals surface area contributed by atoms with Crippen molar-refractivity contribution in [2.24, 2.45) is 0 Å². The SMILES string of the molecule is O=[PH](O)Cc1ccc(C[PH](=O)O)cc1.[MgH2]. The molecule has 4 nitrogen and oxygen atoms in total. The molecule has 1 aromatic rings. The molecule has 15 heavy (non-hydrogen) atoms. The van der Waals surface area contributed by atoms with Crippen molar-refractivity contribution in [3.05, 3.63) is 35.4 Å². The minimum Gasteiger partial charge on any atom is -0.346 e.